The van der Waals surface area contributed by atoms with E-state index < -0.39 is 6.04 Å². The number of rotatable bonds is 6. The molecule has 0 spiro atoms. The first-order valence-electron chi connectivity index (χ1n) is 10.1. The number of likely N-dealkylation sites (tertiary alicyclic amines) is 1. The summed E-state index contributed by atoms with van der Waals surface area (Å²) in [5, 5.41) is 7.85. The predicted molar refractivity (Wildman–Crippen MR) is 116 cm³/mol. The second-order valence-corrected chi connectivity index (χ2v) is 7.81. The molecule has 1 atom stereocenters. The zero-order valence-electron chi connectivity index (χ0n) is 16.5. The van der Waals surface area contributed by atoms with E-state index in [2.05, 4.69) is 10.4 Å². The van der Waals surface area contributed by atoms with Crippen LogP contribution in [-0.2, 0) is 11.2 Å². The van der Waals surface area contributed by atoms with Crippen molar-refractivity contribution in [3.05, 3.63) is 83.1 Å². The predicted octanol–water partition coefficient (Wildman–Crippen LogP) is 3.49. The minimum absolute atomic E-state index is 0.0426. The molecule has 4 rings (SSSR count). The van der Waals surface area contributed by atoms with Crippen molar-refractivity contribution < 1.29 is 9.59 Å². The van der Waals surface area contributed by atoms with E-state index in [1.807, 2.05) is 47.4 Å². The molecule has 30 heavy (non-hydrogen) atoms. The van der Waals surface area contributed by atoms with E-state index in [1.165, 1.54) is 0 Å². The number of hydrogen-bond acceptors (Lipinski definition) is 3. The van der Waals surface area contributed by atoms with E-state index in [0.29, 0.717) is 11.4 Å². The van der Waals surface area contributed by atoms with E-state index in [9.17, 15) is 9.59 Å². The molecule has 6 nitrogen and oxygen atoms in total. The monoisotopic (exact) mass is 422 g/mol. The summed E-state index contributed by atoms with van der Waals surface area (Å²) in [6.45, 7) is 1.48. The van der Waals surface area contributed by atoms with E-state index in [4.69, 9.17) is 11.6 Å². The molecule has 1 aromatic heterocycles. The van der Waals surface area contributed by atoms with Crippen LogP contribution in [0.1, 0.15) is 28.9 Å². The van der Waals surface area contributed by atoms with Crippen LogP contribution in [0.25, 0.3) is 5.69 Å². The SMILES string of the molecule is O=C(NC(Cc1ccccc1)C(=O)N1CCCC1)c1ccn(-c2cccc(Cl)c2)n1. The molecule has 1 fully saturated rings. The summed E-state index contributed by atoms with van der Waals surface area (Å²) in [6.07, 6.45) is 4.15. The van der Waals surface area contributed by atoms with Crippen LogP contribution in [0.15, 0.2) is 66.9 Å². The molecule has 2 heterocycles. The third-order valence-electron chi connectivity index (χ3n) is 5.20. The second-order valence-electron chi connectivity index (χ2n) is 7.37. The van der Waals surface area contributed by atoms with Crippen LogP contribution >= 0.6 is 11.6 Å². The maximum atomic E-state index is 13.1. The lowest BCUT2D eigenvalue weighted by atomic mass is 10.0. The van der Waals surface area contributed by atoms with Gasteiger partial charge in [0, 0.05) is 30.7 Å². The molecule has 0 aliphatic carbocycles. The van der Waals surface area contributed by atoms with E-state index in [-0.39, 0.29) is 17.5 Å². The maximum Gasteiger partial charge on any atom is 0.272 e. The average Bonchev–Trinajstić information content (AvgIpc) is 3.46. The quantitative estimate of drug-likeness (QED) is 0.661. The molecule has 1 aliphatic heterocycles. The Morgan fingerprint density at radius 2 is 1.80 bits per heavy atom. The summed E-state index contributed by atoms with van der Waals surface area (Å²) in [5.74, 6) is -0.414. The van der Waals surface area contributed by atoms with Gasteiger partial charge in [0.15, 0.2) is 5.69 Å². The lowest BCUT2D eigenvalue weighted by Crippen LogP contribution is -2.49. The molecule has 0 radical (unpaired) electrons. The van der Waals surface area contributed by atoms with E-state index in [1.54, 1.807) is 29.1 Å². The maximum absolute atomic E-state index is 13.1. The number of aromatic nitrogens is 2. The van der Waals surface area contributed by atoms with Gasteiger partial charge in [-0.1, -0.05) is 48.0 Å². The molecule has 3 aromatic rings. The number of halogens is 1. The number of nitrogens with one attached hydrogen (secondary N) is 1. The first kappa shape index (κ1) is 20.2. The largest absolute Gasteiger partial charge is 0.341 e. The van der Waals surface area contributed by atoms with Gasteiger partial charge in [-0.3, -0.25) is 9.59 Å². The summed E-state index contributed by atoms with van der Waals surface area (Å²) in [5.41, 5.74) is 2.01. The normalized spacial score (nSPS) is 14.5. The minimum Gasteiger partial charge on any atom is -0.341 e. The highest BCUT2D eigenvalue weighted by Crippen LogP contribution is 2.15. The third kappa shape index (κ3) is 4.71. The van der Waals surface area contributed by atoms with Gasteiger partial charge in [0.2, 0.25) is 5.91 Å². The zero-order chi connectivity index (χ0) is 20.9. The summed E-state index contributed by atoms with van der Waals surface area (Å²) < 4.78 is 1.59. The fourth-order valence-electron chi connectivity index (χ4n) is 3.65. The number of nitrogens with zero attached hydrogens (tertiary/aromatic N) is 3. The van der Waals surface area contributed by atoms with Crippen LogP contribution in [-0.4, -0.2) is 45.6 Å². The van der Waals surface area contributed by atoms with Crippen molar-refractivity contribution in [3.63, 3.8) is 0 Å². The molecular weight excluding hydrogens is 400 g/mol. The summed E-state index contributed by atoms with van der Waals surface area (Å²) >= 11 is 6.04. The molecule has 1 unspecified atom stereocenters. The Morgan fingerprint density at radius 3 is 2.53 bits per heavy atom. The Labute approximate surface area is 180 Å². The van der Waals surface area contributed by atoms with Gasteiger partial charge in [-0.05, 0) is 42.7 Å². The van der Waals surface area contributed by atoms with Crippen molar-refractivity contribution in [3.8, 4) is 5.69 Å². The number of carbonyl (C=O) groups excluding carboxylic acids is 2. The Balaban J connectivity index is 1.51. The van der Waals surface area contributed by atoms with Crippen molar-refractivity contribution in [2.45, 2.75) is 25.3 Å². The first-order valence-corrected chi connectivity index (χ1v) is 10.4. The van der Waals surface area contributed by atoms with Gasteiger partial charge < -0.3 is 10.2 Å². The van der Waals surface area contributed by atoms with Crippen molar-refractivity contribution in [2.75, 3.05) is 13.1 Å². The summed E-state index contributed by atoms with van der Waals surface area (Å²) in [6, 6.07) is 18.0. The third-order valence-corrected chi connectivity index (χ3v) is 5.43. The standard InChI is InChI=1S/C23H23ClN4O2/c24-18-9-6-10-19(16-18)28-14-11-20(26-28)22(29)25-21(15-17-7-2-1-3-8-17)23(30)27-12-4-5-13-27/h1-3,6-11,14,16,21H,4-5,12-13,15H2,(H,25,29). The summed E-state index contributed by atoms with van der Waals surface area (Å²) in [4.78, 5) is 27.8. The van der Waals surface area contributed by atoms with Gasteiger partial charge in [0.05, 0.1) is 5.69 Å². The highest BCUT2D eigenvalue weighted by Gasteiger charge is 2.28. The van der Waals surface area contributed by atoms with Crippen molar-refractivity contribution in [1.82, 2.24) is 20.0 Å². The molecule has 1 saturated heterocycles. The lowest BCUT2D eigenvalue weighted by Gasteiger charge is -2.24. The fraction of sp³-hybridized carbons (Fsp3) is 0.261. The Bertz CT molecular complexity index is 1030. The molecule has 0 bridgehead atoms. The van der Waals surface area contributed by atoms with Crippen molar-refractivity contribution in [1.29, 1.82) is 0 Å². The number of carbonyl (C=O) groups is 2. The highest BCUT2D eigenvalue weighted by molar-refractivity contribution is 6.30. The average molecular weight is 423 g/mol. The van der Waals surface area contributed by atoms with Crippen molar-refractivity contribution in [2.24, 2.45) is 0 Å². The van der Waals surface area contributed by atoms with Gasteiger partial charge >= 0.3 is 0 Å². The number of benzene rings is 2. The molecule has 0 saturated carbocycles. The number of amides is 2. The zero-order valence-corrected chi connectivity index (χ0v) is 17.3. The smallest absolute Gasteiger partial charge is 0.272 e. The van der Waals surface area contributed by atoms with Crippen LogP contribution in [0.3, 0.4) is 0 Å². The molecule has 1 aliphatic rings. The van der Waals surface area contributed by atoms with Gasteiger partial charge in [-0.15, -0.1) is 0 Å². The Hall–Kier alpha value is -3.12. The van der Waals surface area contributed by atoms with Crippen LogP contribution in [0.4, 0.5) is 0 Å². The van der Waals surface area contributed by atoms with E-state index in [0.717, 1.165) is 37.2 Å². The Kier molecular flexibility index (Phi) is 6.14. The van der Waals surface area contributed by atoms with Crippen LogP contribution in [0.2, 0.25) is 5.02 Å². The van der Waals surface area contributed by atoms with Crippen LogP contribution in [0.5, 0.6) is 0 Å². The number of hydrogen-bond donors (Lipinski definition) is 1. The van der Waals surface area contributed by atoms with Gasteiger partial charge in [-0.25, -0.2) is 4.68 Å². The highest BCUT2D eigenvalue weighted by atomic mass is 35.5. The minimum atomic E-state index is -0.630. The summed E-state index contributed by atoms with van der Waals surface area (Å²) in [7, 11) is 0. The lowest BCUT2D eigenvalue weighted by molar-refractivity contribution is -0.132. The van der Waals surface area contributed by atoms with Crippen LogP contribution in [0, 0.1) is 0 Å². The molecular formula is C23H23ClN4O2. The topological polar surface area (TPSA) is 67.2 Å². The molecule has 7 heteroatoms. The fourth-order valence-corrected chi connectivity index (χ4v) is 3.83. The van der Waals surface area contributed by atoms with E-state index >= 15 is 0 Å². The van der Waals surface area contributed by atoms with Crippen LogP contribution < -0.4 is 5.32 Å². The van der Waals surface area contributed by atoms with Crippen molar-refractivity contribution >= 4 is 23.4 Å². The van der Waals surface area contributed by atoms with Gasteiger partial charge in [0.25, 0.3) is 5.91 Å². The van der Waals surface area contributed by atoms with Gasteiger partial charge in [0.1, 0.15) is 6.04 Å². The molecule has 1 N–H and O–H groups in total. The molecule has 154 valence electrons. The van der Waals surface area contributed by atoms with Gasteiger partial charge in [-0.2, -0.15) is 5.10 Å². The molecule has 2 amide bonds. The second kappa shape index (κ2) is 9.13. The first-order chi connectivity index (χ1) is 14.6. The Morgan fingerprint density at radius 1 is 1.03 bits per heavy atom. The molecule has 2 aromatic carbocycles.